The van der Waals surface area contributed by atoms with Crippen molar-refractivity contribution in [1.29, 1.82) is 5.26 Å². The average Bonchev–Trinajstić information content (AvgIpc) is 2.77. The molecule has 1 aromatic rings. The van der Waals surface area contributed by atoms with E-state index in [1.165, 1.54) is 6.07 Å². The van der Waals surface area contributed by atoms with Gasteiger partial charge in [-0.2, -0.15) is 30.2 Å². The van der Waals surface area contributed by atoms with Crippen LogP contribution in [0, 0.1) is 11.3 Å². The van der Waals surface area contributed by atoms with Crippen LogP contribution in [0.25, 0.3) is 0 Å². The van der Waals surface area contributed by atoms with Crippen molar-refractivity contribution in [3.8, 4) is 6.07 Å². The third-order valence-electron chi connectivity index (χ3n) is 4.25. The van der Waals surface area contributed by atoms with E-state index in [9.17, 15) is 18.3 Å². The van der Waals surface area contributed by atoms with E-state index in [4.69, 9.17) is 5.26 Å². The van der Waals surface area contributed by atoms with Gasteiger partial charge in [-0.1, -0.05) is 0 Å². The molecule has 2 aliphatic heterocycles. The Kier molecular flexibility index (Phi) is 3.45. The van der Waals surface area contributed by atoms with Crippen molar-refractivity contribution in [2.45, 2.75) is 48.0 Å². The predicted molar refractivity (Wildman–Crippen MR) is 73.7 cm³/mol. The largest absolute Gasteiger partial charge is 0.416 e. The summed E-state index contributed by atoms with van der Waals surface area (Å²) in [5.74, 6) is 0. The molecule has 21 heavy (non-hydrogen) atoms. The summed E-state index contributed by atoms with van der Waals surface area (Å²) < 4.78 is 38.8. The van der Waals surface area contributed by atoms with Crippen LogP contribution in [0.4, 0.5) is 13.2 Å². The fraction of sp³-hybridized carbons (Fsp3) is 0.533. The van der Waals surface area contributed by atoms with Crippen LogP contribution in [0.1, 0.15) is 42.4 Å². The second-order valence-corrected chi connectivity index (χ2v) is 7.41. The van der Waals surface area contributed by atoms with Gasteiger partial charge < -0.3 is 5.11 Å². The molecule has 0 radical (unpaired) electrons. The zero-order chi connectivity index (χ0) is 15.3. The van der Waals surface area contributed by atoms with Crippen LogP contribution < -0.4 is 0 Å². The summed E-state index contributed by atoms with van der Waals surface area (Å²) in [6.07, 6.45) is -1.59. The van der Waals surface area contributed by atoms with Crippen LogP contribution in [0.2, 0.25) is 0 Å². The highest BCUT2D eigenvalue weighted by Gasteiger charge is 2.45. The van der Waals surface area contributed by atoms with Gasteiger partial charge in [0.15, 0.2) is 0 Å². The zero-order valence-corrected chi connectivity index (χ0v) is 12.0. The Morgan fingerprint density at radius 2 is 1.81 bits per heavy atom. The molecule has 0 amide bonds. The molecule has 2 saturated heterocycles. The van der Waals surface area contributed by atoms with E-state index in [-0.39, 0.29) is 11.1 Å². The second-order valence-electron chi connectivity index (χ2n) is 5.81. The third kappa shape index (κ3) is 2.77. The Hall–Kier alpha value is -1.19. The van der Waals surface area contributed by atoms with Crippen LogP contribution in [0.5, 0.6) is 0 Å². The number of halogens is 3. The minimum atomic E-state index is -4.51. The summed E-state index contributed by atoms with van der Waals surface area (Å²) in [5.41, 5.74) is -1.94. The molecule has 1 aromatic carbocycles. The number of nitrogens with zero attached hydrogens (tertiary/aromatic N) is 1. The number of hydrogen-bond donors (Lipinski definition) is 1. The van der Waals surface area contributed by atoms with Crippen LogP contribution in [-0.2, 0) is 11.8 Å². The topological polar surface area (TPSA) is 44.0 Å². The molecular formula is C15H14F3NOS. The SMILES string of the molecule is N#Cc1cc(C(F)(F)F)cc(C2(O)CC3CCC(C2)S3)c1. The van der Waals surface area contributed by atoms with E-state index in [1.54, 1.807) is 6.07 Å². The summed E-state index contributed by atoms with van der Waals surface area (Å²) in [4.78, 5) is 0. The maximum absolute atomic E-state index is 12.9. The van der Waals surface area contributed by atoms with E-state index in [0.29, 0.717) is 23.3 Å². The molecule has 2 nitrogen and oxygen atoms in total. The fourth-order valence-electron chi connectivity index (χ4n) is 3.28. The van der Waals surface area contributed by atoms with Crippen molar-refractivity contribution < 1.29 is 18.3 Å². The molecule has 2 fully saturated rings. The van der Waals surface area contributed by atoms with Gasteiger partial charge in [-0.15, -0.1) is 0 Å². The maximum Gasteiger partial charge on any atom is 0.416 e. The van der Waals surface area contributed by atoms with Crippen LogP contribution >= 0.6 is 11.8 Å². The number of benzene rings is 1. The van der Waals surface area contributed by atoms with Gasteiger partial charge in [0.05, 0.1) is 22.8 Å². The highest BCUT2D eigenvalue weighted by atomic mass is 32.2. The molecule has 0 spiro atoms. The first-order valence-corrected chi connectivity index (χ1v) is 7.75. The van der Waals surface area contributed by atoms with Crippen LogP contribution in [-0.4, -0.2) is 15.6 Å². The Morgan fingerprint density at radius 1 is 1.19 bits per heavy atom. The molecule has 2 atom stereocenters. The Labute approximate surface area is 125 Å². The van der Waals surface area contributed by atoms with E-state index in [2.05, 4.69) is 0 Å². The minimum absolute atomic E-state index is 0.0566. The molecular weight excluding hydrogens is 299 g/mol. The first-order valence-electron chi connectivity index (χ1n) is 6.81. The van der Waals surface area contributed by atoms with E-state index in [0.717, 1.165) is 25.0 Å². The number of fused-ring (bicyclic) bond motifs is 2. The number of alkyl halides is 3. The minimum Gasteiger partial charge on any atom is -0.385 e. The Balaban J connectivity index is 2.03. The number of nitriles is 1. The smallest absolute Gasteiger partial charge is 0.385 e. The van der Waals surface area contributed by atoms with Crippen molar-refractivity contribution in [1.82, 2.24) is 0 Å². The average molecular weight is 313 g/mol. The maximum atomic E-state index is 12.9. The van der Waals surface area contributed by atoms with E-state index in [1.807, 2.05) is 11.8 Å². The Morgan fingerprint density at radius 3 is 2.33 bits per heavy atom. The van der Waals surface area contributed by atoms with Crippen molar-refractivity contribution in [3.63, 3.8) is 0 Å². The third-order valence-corrected chi connectivity index (χ3v) is 5.83. The van der Waals surface area contributed by atoms with Gasteiger partial charge in [0, 0.05) is 10.5 Å². The molecule has 112 valence electrons. The summed E-state index contributed by atoms with van der Waals surface area (Å²) in [6.45, 7) is 0. The van der Waals surface area contributed by atoms with Gasteiger partial charge in [-0.05, 0) is 49.4 Å². The van der Waals surface area contributed by atoms with Gasteiger partial charge in [0.25, 0.3) is 0 Å². The first kappa shape index (κ1) is 14.7. The number of thioether (sulfide) groups is 1. The van der Waals surface area contributed by atoms with Crippen molar-refractivity contribution >= 4 is 11.8 Å². The molecule has 6 heteroatoms. The van der Waals surface area contributed by atoms with Crippen molar-refractivity contribution in [2.75, 3.05) is 0 Å². The Bertz CT molecular complexity index is 596. The summed E-state index contributed by atoms with van der Waals surface area (Å²) in [7, 11) is 0. The lowest BCUT2D eigenvalue weighted by Crippen LogP contribution is -2.35. The van der Waals surface area contributed by atoms with Gasteiger partial charge in [-0.25, -0.2) is 0 Å². The lowest BCUT2D eigenvalue weighted by Gasteiger charge is -2.36. The molecule has 2 heterocycles. The van der Waals surface area contributed by atoms with Crippen molar-refractivity contribution in [3.05, 3.63) is 34.9 Å². The van der Waals surface area contributed by atoms with Crippen LogP contribution in [0.3, 0.4) is 0 Å². The van der Waals surface area contributed by atoms with Gasteiger partial charge in [-0.3, -0.25) is 0 Å². The number of aliphatic hydroxyl groups is 1. The zero-order valence-electron chi connectivity index (χ0n) is 11.2. The first-order chi connectivity index (χ1) is 9.80. The molecule has 0 aliphatic carbocycles. The lowest BCUT2D eigenvalue weighted by atomic mass is 9.84. The van der Waals surface area contributed by atoms with Gasteiger partial charge in [0.1, 0.15) is 0 Å². The van der Waals surface area contributed by atoms with Gasteiger partial charge in [0.2, 0.25) is 0 Å². The normalized spacial score (nSPS) is 32.0. The highest BCUT2D eigenvalue weighted by molar-refractivity contribution is 8.00. The second kappa shape index (κ2) is 4.92. The lowest BCUT2D eigenvalue weighted by molar-refractivity contribution is -0.137. The molecule has 3 rings (SSSR count). The number of rotatable bonds is 1. The summed E-state index contributed by atoms with van der Waals surface area (Å²) in [6, 6.07) is 4.98. The molecule has 2 aliphatic rings. The molecule has 1 N–H and O–H groups in total. The number of hydrogen-bond acceptors (Lipinski definition) is 3. The summed E-state index contributed by atoms with van der Waals surface area (Å²) >= 11 is 1.82. The molecule has 0 saturated carbocycles. The highest BCUT2D eigenvalue weighted by Crippen LogP contribution is 2.51. The monoisotopic (exact) mass is 313 g/mol. The predicted octanol–water partition coefficient (Wildman–Crippen LogP) is 3.82. The summed E-state index contributed by atoms with van der Waals surface area (Å²) in [5, 5.41) is 20.4. The van der Waals surface area contributed by atoms with E-state index >= 15 is 0 Å². The molecule has 2 bridgehead atoms. The van der Waals surface area contributed by atoms with Crippen molar-refractivity contribution in [2.24, 2.45) is 0 Å². The quantitative estimate of drug-likeness (QED) is 0.857. The molecule has 0 aromatic heterocycles. The molecule has 2 unspecified atom stereocenters. The van der Waals surface area contributed by atoms with E-state index < -0.39 is 17.3 Å². The van der Waals surface area contributed by atoms with Gasteiger partial charge >= 0.3 is 6.18 Å². The fourth-order valence-corrected chi connectivity index (χ4v) is 5.11. The van der Waals surface area contributed by atoms with Crippen LogP contribution in [0.15, 0.2) is 18.2 Å². The standard InChI is InChI=1S/C15H14F3NOS/c16-15(17,18)11-4-9(8-19)3-10(5-11)14(20)6-12-1-2-13(7-14)21-12/h3-5,12-13,20H,1-2,6-7H2.